The first-order chi connectivity index (χ1) is 13.6. The van der Waals surface area contributed by atoms with Gasteiger partial charge < -0.3 is 19.7 Å². The first-order valence-electron chi connectivity index (χ1n) is 9.89. The van der Waals surface area contributed by atoms with Gasteiger partial charge in [0.1, 0.15) is 0 Å². The van der Waals surface area contributed by atoms with Gasteiger partial charge in [-0.2, -0.15) is 0 Å². The number of imidazole rings is 1. The van der Waals surface area contributed by atoms with Gasteiger partial charge in [-0.05, 0) is 31.4 Å². The molecule has 0 radical (unpaired) electrons. The number of carbonyl (C=O) groups is 3. The molecule has 28 heavy (non-hydrogen) atoms. The molecule has 3 amide bonds. The lowest BCUT2D eigenvalue weighted by Gasteiger charge is -2.21. The molecular formula is C20H25N5O3. The van der Waals surface area contributed by atoms with Gasteiger partial charge >= 0.3 is 11.8 Å². The van der Waals surface area contributed by atoms with Gasteiger partial charge in [-0.25, -0.2) is 4.98 Å². The van der Waals surface area contributed by atoms with Gasteiger partial charge in [0.05, 0.1) is 17.4 Å². The Kier molecular flexibility index (Phi) is 5.27. The second kappa shape index (κ2) is 8.00. The maximum absolute atomic E-state index is 12.5. The second-order valence-corrected chi connectivity index (χ2v) is 7.43. The van der Waals surface area contributed by atoms with E-state index in [0.717, 1.165) is 23.9 Å². The lowest BCUT2D eigenvalue weighted by molar-refractivity contribution is -0.145. The number of benzene rings is 1. The summed E-state index contributed by atoms with van der Waals surface area (Å²) in [4.78, 5) is 44.7. The van der Waals surface area contributed by atoms with Crippen molar-refractivity contribution in [3.05, 3.63) is 30.6 Å². The van der Waals surface area contributed by atoms with Gasteiger partial charge in [0.2, 0.25) is 5.91 Å². The Balaban J connectivity index is 1.26. The largest absolute Gasteiger partial charge is 0.346 e. The predicted molar refractivity (Wildman–Crippen MR) is 103 cm³/mol. The number of nitrogens with one attached hydrogen (secondary N) is 1. The van der Waals surface area contributed by atoms with E-state index in [4.69, 9.17) is 0 Å². The van der Waals surface area contributed by atoms with Crippen LogP contribution < -0.4 is 5.32 Å². The average Bonchev–Trinajstić information content (AvgIpc) is 3.52. The summed E-state index contributed by atoms with van der Waals surface area (Å²) in [6, 6.07) is 7.78. The van der Waals surface area contributed by atoms with Crippen LogP contribution in [0, 0.1) is 5.92 Å². The fourth-order valence-electron chi connectivity index (χ4n) is 3.63. The van der Waals surface area contributed by atoms with Gasteiger partial charge in [0.25, 0.3) is 0 Å². The number of carbonyl (C=O) groups excluding carboxylic acids is 3. The Bertz CT molecular complexity index is 889. The minimum atomic E-state index is -0.591. The fourth-order valence-corrected chi connectivity index (χ4v) is 3.63. The number of fused-ring (bicyclic) bond motifs is 1. The van der Waals surface area contributed by atoms with Crippen molar-refractivity contribution in [2.45, 2.75) is 25.8 Å². The molecule has 1 saturated carbocycles. The number of nitrogens with zero attached hydrogens (tertiary/aromatic N) is 4. The van der Waals surface area contributed by atoms with Crippen molar-refractivity contribution in [1.82, 2.24) is 24.7 Å². The van der Waals surface area contributed by atoms with E-state index in [1.54, 1.807) is 11.2 Å². The van der Waals surface area contributed by atoms with E-state index in [-0.39, 0.29) is 11.8 Å². The van der Waals surface area contributed by atoms with Crippen LogP contribution in [-0.2, 0) is 20.9 Å². The smallest absolute Gasteiger partial charge is 0.311 e. The summed E-state index contributed by atoms with van der Waals surface area (Å²) in [5.74, 6) is -0.723. The van der Waals surface area contributed by atoms with E-state index in [1.807, 2.05) is 33.7 Å². The molecule has 1 aliphatic heterocycles. The summed E-state index contributed by atoms with van der Waals surface area (Å²) in [5, 5.41) is 2.71. The van der Waals surface area contributed by atoms with Crippen molar-refractivity contribution < 1.29 is 14.4 Å². The van der Waals surface area contributed by atoms with Crippen LogP contribution in [0.2, 0.25) is 0 Å². The molecular weight excluding hydrogens is 358 g/mol. The first kappa shape index (κ1) is 18.5. The Morgan fingerprint density at radius 3 is 2.61 bits per heavy atom. The molecule has 0 spiro atoms. The Labute approximate surface area is 163 Å². The van der Waals surface area contributed by atoms with Crippen LogP contribution in [0.25, 0.3) is 11.0 Å². The van der Waals surface area contributed by atoms with Gasteiger partial charge in [-0.15, -0.1) is 0 Å². The van der Waals surface area contributed by atoms with Crippen LogP contribution >= 0.6 is 0 Å². The highest BCUT2D eigenvalue weighted by Gasteiger charge is 2.34. The van der Waals surface area contributed by atoms with E-state index in [1.165, 1.54) is 0 Å². The molecule has 2 fully saturated rings. The van der Waals surface area contributed by atoms with Crippen LogP contribution in [0.4, 0.5) is 0 Å². The number of aromatic nitrogens is 2. The summed E-state index contributed by atoms with van der Waals surface area (Å²) in [5.41, 5.74) is 1.90. The molecule has 0 bridgehead atoms. The van der Waals surface area contributed by atoms with Gasteiger partial charge in [0, 0.05) is 45.2 Å². The fraction of sp³-hybridized carbons (Fsp3) is 0.500. The molecule has 4 rings (SSSR count). The molecule has 1 aliphatic carbocycles. The zero-order valence-corrected chi connectivity index (χ0v) is 15.8. The molecule has 0 unspecified atom stereocenters. The SMILES string of the molecule is O=C(NCCn1cnc2ccccc21)C(=O)N1CCCN(C(=O)C2CC2)CC1. The van der Waals surface area contributed by atoms with E-state index in [0.29, 0.717) is 45.7 Å². The number of amides is 3. The van der Waals surface area contributed by atoms with Crippen LogP contribution in [0.5, 0.6) is 0 Å². The molecule has 1 aromatic carbocycles. The quantitative estimate of drug-likeness (QED) is 0.785. The summed E-state index contributed by atoms with van der Waals surface area (Å²) in [6.07, 6.45) is 4.40. The van der Waals surface area contributed by atoms with E-state index >= 15 is 0 Å². The van der Waals surface area contributed by atoms with Gasteiger partial charge in [0.15, 0.2) is 0 Å². The standard InChI is InChI=1S/C20H25N5O3/c26-18(21-8-11-25-14-22-16-4-1-2-5-17(16)25)20(28)24-10-3-9-23(12-13-24)19(27)15-6-7-15/h1-2,4-5,14-15H,3,6-13H2,(H,21,26). The summed E-state index contributed by atoms with van der Waals surface area (Å²) in [7, 11) is 0. The Hall–Kier alpha value is -2.90. The van der Waals surface area contributed by atoms with Crippen molar-refractivity contribution >= 4 is 28.8 Å². The third kappa shape index (κ3) is 4.00. The monoisotopic (exact) mass is 383 g/mol. The highest BCUT2D eigenvalue weighted by atomic mass is 16.2. The van der Waals surface area contributed by atoms with Crippen molar-refractivity contribution in [3.63, 3.8) is 0 Å². The number of rotatable bonds is 4. The number of para-hydroxylation sites is 2. The molecule has 1 saturated heterocycles. The molecule has 0 atom stereocenters. The topological polar surface area (TPSA) is 87.5 Å². The molecule has 8 nitrogen and oxygen atoms in total. The van der Waals surface area contributed by atoms with Gasteiger partial charge in [-0.3, -0.25) is 14.4 Å². The maximum Gasteiger partial charge on any atom is 0.311 e. The summed E-state index contributed by atoms with van der Waals surface area (Å²) >= 11 is 0. The molecule has 2 aliphatic rings. The van der Waals surface area contributed by atoms with E-state index in [2.05, 4.69) is 10.3 Å². The van der Waals surface area contributed by atoms with Crippen molar-refractivity contribution in [1.29, 1.82) is 0 Å². The molecule has 148 valence electrons. The van der Waals surface area contributed by atoms with Crippen LogP contribution in [0.3, 0.4) is 0 Å². The average molecular weight is 383 g/mol. The van der Waals surface area contributed by atoms with E-state index in [9.17, 15) is 14.4 Å². The zero-order valence-electron chi connectivity index (χ0n) is 15.8. The highest BCUT2D eigenvalue weighted by molar-refractivity contribution is 6.35. The molecule has 2 heterocycles. The zero-order chi connectivity index (χ0) is 19.5. The minimum absolute atomic E-state index is 0.185. The van der Waals surface area contributed by atoms with Crippen molar-refractivity contribution in [3.8, 4) is 0 Å². The summed E-state index contributed by atoms with van der Waals surface area (Å²) < 4.78 is 1.95. The van der Waals surface area contributed by atoms with Gasteiger partial charge in [-0.1, -0.05) is 12.1 Å². The van der Waals surface area contributed by atoms with Crippen LogP contribution in [0.1, 0.15) is 19.3 Å². The predicted octanol–water partition coefficient (Wildman–Crippen LogP) is 0.623. The van der Waals surface area contributed by atoms with Crippen LogP contribution in [0.15, 0.2) is 30.6 Å². The molecule has 1 N–H and O–H groups in total. The molecule has 1 aromatic heterocycles. The Morgan fingerprint density at radius 2 is 1.79 bits per heavy atom. The molecule has 8 heteroatoms. The lowest BCUT2D eigenvalue weighted by atomic mass is 10.3. The Morgan fingerprint density at radius 1 is 1.04 bits per heavy atom. The maximum atomic E-state index is 12.5. The number of hydrogen-bond donors (Lipinski definition) is 1. The number of hydrogen-bond acceptors (Lipinski definition) is 4. The lowest BCUT2D eigenvalue weighted by Crippen LogP contribution is -2.45. The third-order valence-corrected chi connectivity index (χ3v) is 5.38. The molecule has 2 aromatic rings. The van der Waals surface area contributed by atoms with Crippen LogP contribution in [-0.4, -0.2) is 69.8 Å². The highest BCUT2D eigenvalue weighted by Crippen LogP contribution is 2.31. The normalized spacial score (nSPS) is 17.4. The van der Waals surface area contributed by atoms with E-state index < -0.39 is 11.8 Å². The third-order valence-electron chi connectivity index (χ3n) is 5.38. The van der Waals surface area contributed by atoms with Crippen molar-refractivity contribution in [2.24, 2.45) is 5.92 Å². The second-order valence-electron chi connectivity index (χ2n) is 7.43. The van der Waals surface area contributed by atoms with Crippen molar-refractivity contribution in [2.75, 3.05) is 32.7 Å². The minimum Gasteiger partial charge on any atom is -0.346 e. The first-order valence-corrected chi connectivity index (χ1v) is 9.89. The summed E-state index contributed by atoms with van der Waals surface area (Å²) in [6.45, 7) is 2.99.